The number of fused-ring (bicyclic) bond motifs is 1. The minimum Gasteiger partial charge on any atom is -0.242 e. The molecule has 3 nitrogen and oxygen atoms in total. The predicted molar refractivity (Wildman–Crippen MR) is 67.4 cm³/mol. The highest BCUT2D eigenvalue weighted by atomic mass is 79.9. The van der Waals surface area contributed by atoms with E-state index in [0.717, 1.165) is 15.5 Å². The lowest BCUT2D eigenvalue weighted by molar-refractivity contribution is 0.331. The van der Waals surface area contributed by atoms with Gasteiger partial charge in [-0.05, 0) is 40.9 Å². The quantitative estimate of drug-likeness (QED) is 0.797. The molecular formula is C12H14BrN3. The predicted octanol–water partition coefficient (Wildman–Crippen LogP) is 3.70. The lowest BCUT2D eigenvalue weighted by Crippen LogP contribution is -2.14. The standard InChI is InChI=1S/C12H14BrN3/c13-10-7-4-8-11-12(10)14-15-16(11)9-5-2-1-3-6-9/h4,7-9H,1-3,5-6H2. The second-order valence-corrected chi connectivity index (χ2v) is 5.29. The van der Waals surface area contributed by atoms with Crippen LogP contribution in [0.4, 0.5) is 0 Å². The van der Waals surface area contributed by atoms with Gasteiger partial charge in [0.1, 0.15) is 5.52 Å². The van der Waals surface area contributed by atoms with E-state index in [9.17, 15) is 0 Å². The summed E-state index contributed by atoms with van der Waals surface area (Å²) in [6, 6.07) is 6.72. The molecule has 84 valence electrons. The van der Waals surface area contributed by atoms with Gasteiger partial charge in [0.25, 0.3) is 0 Å². The van der Waals surface area contributed by atoms with Crippen molar-refractivity contribution in [3.63, 3.8) is 0 Å². The fourth-order valence-electron chi connectivity index (χ4n) is 2.52. The summed E-state index contributed by atoms with van der Waals surface area (Å²) in [6.45, 7) is 0. The van der Waals surface area contributed by atoms with Crippen LogP contribution >= 0.6 is 15.9 Å². The molecule has 1 aliphatic rings. The Morgan fingerprint density at radius 2 is 2.00 bits per heavy atom. The third kappa shape index (κ3) is 1.65. The van der Waals surface area contributed by atoms with E-state index in [2.05, 4.69) is 43.1 Å². The molecule has 0 N–H and O–H groups in total. The van der Waals surface area contributed by atoms with Crippen LogP contribution in [0.1, 0.15) is 38.1 Å². The SMILES string of the molecule is Brc1cccc2c1nnn2C1CCCCC1. The first-order valence-corrected chi connectivity index (χ1v) is 6.65. The van der Waals surface area contributed by atoms with Crippen LogP contribution in [0, 0.1) is 0 Å². The van der Waals surface area contributed by atoms with Gasteiger partial charge >= 0.3 is 0 Å². The highest BCUT2D eigenvalue weighted by Crippen LogP contribution is 2.31. The molecule has 0 saturated heterocycles. The Labute approximate surface area is 103 Å². The summed E-state index contributed by atoms with van der Waals surface area (Å²) in [5.74, 6) is 0. The first-order chi connectivity index (χ1) is 7.86. The summed E-state index contributed by atoms with van der Waals surface area (Å²) in [5, 5.41) is 8.58. The molecule has 0 unspecified atom stereocenters. The highest BCUT2D eigenvalue weighted by Gasteiger charge is 2.18. The second kappa shape index (κ2) is 4.17. The maximum absolute atomic E-state index is 4.32. The number of aromatic nitrogens is 3. The van der Waals surface area contributed by atoms with Crippen molar-refractivity contribution in [2.24, 2.45) is 0 Å². The van der Waals surface area contributed by atoms with Crippen molar-refractivity contribution in [1.82, 2.24) is 15.0 Å². The van der Waals surface area contributed by atoms with Crippen molar-refractivity contribution >= 4 is 27.0 Å². The van der Waals surface area contributed by atoms with E-state index >= 15 is 0 Å². The van der Waals surface area contributed by atoms with Crippen LogP contribution in [0.5, 0.6) is 0 Å². The maximum atomic E-state index is 4.32. The van der Waals surface area contributed by atoms with E-state index in [1.807, 2.05) is 6.07 Å². The zero-order valence-corrected chi connectivity index (χ0v) is 10.7. The molecule has 4 heteroatoms. The summed E-state index contributed by atoms with van der Waals surface area (Å²) in [7, 11) is 0. The third-order valence-corrected chi connectivity index (χ3v) is 4.01. The van der Waals surface area contributed by atoms with Crippen LogP contribution in [0.25, 0.3) is 11.0 Å². The molecule has 0 aliphatic heterocycles. The average Bonchev–Trinajstić information content (AvgIpc) is 2.75. The molecule has 2 aromatic rings. The molecule has 0 amide bonds. The minimum atomic E-state index is 0.549. The van der Waals surface area contributed by atoms with Gasteiger partial charge in [-0.3, -0.25) is 0 Å². The lowest BCUT2D eigenvalue weighted by Gasteiger charge is -2.21. The first-order valence-electron chi connectivity index (χ1n) is 5.85. The van der Waals surface area contributed by atoms with Gasteiger partial charge in [-0.1, -0.05) is 30.5 Å². The van der Waals surface area contributed by atoms with Crippen LogP contribution in [0.2, 0.25) is 0 Å². The molecule has 1 aliphatic carbocycles. The molecule has 0 bridgehead atoms. The fraction of sp³-hybridized carbons (Fsp3) is 0.500. The number of hydrogen-bond donors (Lipinski definition) is 0. The van der Waals surface area contributed by atoms with Crippen LogP contribution in [0.3, 0.4) is 0 Å². The van der Waals surface area contributed by atoms with Gasteiger partial charge < -0.3 is 0 Å². The van der Waals surface area contributed by atoms with E-state index in [-0.39, 0.29) is 0 Å². The smallest absolute Gasteiger partial charge is 0.127 e. The molecule has 16 heavy (non-hydrogen) atoms. The van der Waals surface area contributed by atoms with Crippen LogP contribution in [-0.4, -0.2) is 15.0 Å². The topological polar surface area (TPSA) is 30.7 Å². The van der Waals surface area contributed by atoms with Crippen LogP contribution < -0.4 is 0 Å². The molecule has 1 saturated carbocycles. The van der Waals surface area contributed by atoms with Crippen LogP contribution in [0.15, 0.2) is 22.7 Å². The lowest BCUT2D eigenvalue weighted by atomic mass is 9.95. The Hall–Kier alpha value is -0.900. The van der Waals surface area contributed by atoms with E-state index in [1.165, 1.54) is 32.1 Å². The van der Waals surface area contributed by atoms with E-state index in [1.54, 1.807) is 0 Å². The number of rotatable bonds is 1. The normalized spacial score (nSPS) is 18.1. The number of halogens is 1. The zero-order chi connectivity index (χ0) is 11.0. The van der Waals surface area contributed by atoms with Gasteiger partial charge in [0.2, 0.25) is 0 Å². The van der Waals surface area contributed by atoms with Crippen molar-refractivity contribution in [2.75, 3.05) is 0 Å². The fourth-order valence-corrected chi connectivity index (χ4v) is 2.96. The van der Waals surface area contributed by atoms with Gasteiger partial charge in [0.05, 0.1) is 11.6 Å². The molecule has 1 aromatic heterocycles. The Bertz CT molecular complexity index is 500. The van der Waals surface area contributed by atoms with E-state index < -0.39 is 0 Å². The molecule has 0 spiro atoms. The van der Waals surface area contributed by atoms with Crippen LogP contribution in [-0.2, 0) is 0 Å². The van der Waals surface area contributed by atoms with Crippen molar-refractivity contribution in [3.05, 3.63) is 22.7 Å². The summed E-state index contributed by atoms with van der Waals surface area (Å²) < 4.78 is 3.14. The van der Waals surface area contributed by atoms with Gasteiger partial charge in [0.15, 0.2) is 0 Å². The Morgan fingerprint density at radius 1 is 1.19 bits per heavy atom. The highest BCUT2D eigenvalue weighted by molar-refractivity contribution is 9.10. The minimum absolute atomic E-state index is 0.549. The monoisotopic (exact) mass is 279 g/mol. The largest absolute Gasteiger partial charge is 0.242 e. The zero-order valence-electron chi connectivity index (χ0n) is 9.06. The molecule has 1 aromatic carbocycles. The second-order valence-electron chi connectivity index (χ2n) is 4.43. The summed E-state index contributed by atoms with van der Waals surface area (Å²) in [5.41, 5.74) is 2.13. The third-order valence-electron chi connectivity index (χ3n) is 3.37. The first kappa shape index (κ1) is 10.3. The number of hydrogen-bond acceptors (Lipinski definition) is 2. The molecule has 0 atom stereocenters. The Kier molecular flexibility index (Phi) is 2.67. The molecule has 0 radical (unpaired) electrons. The van der Waals surface area contributed by atoms with E-state index in [4.69, 9.17) is 0 Å². The number of nitrogens with zero attached hydrogens (tertiary/aromatic N) is 3. The van der Waals surface area contributed by atoms with E-state index in [0.29, 0.717) is 6.04 Å². The Morgan fingerprint density at radius 3 is 2.81 bits per heavy atom. The Balaban J connectivity index is 2.06. The molecule has 3 rings (SSSR count). The van der Waals surface area contributed by atoms with Crippen molar-refractivity contribution in [1.29, 1.82) is 0 Å². The maximum Gasteiger partial charge on any atom is 0.127 e. The van der Waals surface area contributed by atoms with Gasteiger partial charge in [-0.25, -0.2) is 4.68 Å². The summed E-state index contributed by atoms with van der Waals surface area (Å²) >= 11 is 3.52. The average molecular weight is 280 g/mol. The molecule has 1 heterocycles. The number of benzene rings is 1. The molecule has 1 fully saturated rings. The summed E-state index contributed by atoms with van der Waals surface area (Å²) in [4.78, 5) is 0. The van der Waals surface area contributed by atoms with Crippen molar-refractivity contribution in [3.8, 4) is 0 Å². The van der Waals surface area contributed by atoms with Crippen molar-refractivity contribution in [2.45, 2.75) is 38.1 Å². The van der Waals surface area contributed by atoms with Gasteiger partial charge in [-0.2, -0.15) is 0 Å². The molecular weight excluding hydrogens is 266 g/mol. The van der Waals surface area contributed by atoms with Gasteiger partial charge in [-0.15, -0.1) is 5.10 Å². The van der Waals surface area contributed by atoms with Crippen molar-refractivity contribution < 1.29 is 0 Å². The van der Waals surface area contributed by atoms with Gasteiger partial charge in [0, 0.05) is 4.47 Å². The summed E-state index contributed by atoms with van der Waals surface area (Å²) in [6.07, 6.45) is 6.49.